The van der Waals surface area contributed by atoms with Gasteiger partial charge in [-0.1, -0.05) is 49.7 Å². The van der Waals surface area contributed by atoms with Crippen LogP contribution in [0, 0.1) is 5.92 Å². The zero-order valence-electron chi connectivity index (χ0n) is 13.0. The molecule has 1 amide bonds. The van der Waals surface area contributed by atoms with Gasteiger partial charge in [-0.25, -0.2) is 0 Å². The second-order valence-corrected chi connectivity index (χ2v) is 6.53. The Hall–Kier alpha value is -1.57. The van der Waals surface area contributed by atoms with E-state index in [4.69, 9.17) is 21.8 Å². The lowest BCUT2D eigenvalue weighted by Gasteiger charge is -2.13. The fourth-order valence-electron chi connectivity index (χ4n) is 1.80. The van der Waals surface area contributed by atoms with E-state index in [1.165, 1.54) is 11.8 Å². The third kappa shape index (κ3) is 5.23. The quantitative estimate of drug-likeness (QED) is 0.739. The van der Waals surface area contributed by atoms with Crippen LogP contribution in [0.3, 0.4) is 0 Å². The van der Waals surface area contributed by atoms with Crippen LogP contribution in [0.5, 0.6) is 0 Å². The van der Waals surface area contributed by atoms with E-state index in [1.807, 2.05) is 6.92 Å². The summed E-state index contributed by atoms with van der Waals surface area (Å²) < 4.78 is 5.50. The van der Waals surface area contributed by atoms with Crippen molar-refractivity contribution in [1.82, 2.24) is 10.2 Å². The van der Waals surface area contributed by atoms with Crippen molar-refractivity contribution in [2.24, 2.45) is 11.7 Å². The number of anilines is 1. The molecule has 0 aliphatic carbocycles. The van der Waals surface area contributed by atoms with Crippen molar-refractivity contribution in [2.75, 3.05) is 11.1 Å². The Kier molecular flexibility index (Phi) is 6.44. The Balaban J connectivity index is 1.86. The summed E-state index contributed by atoms with van der Waals surface area (Å²) in [5, 5.41) is 11.5. The number of carbonyl (C=O) groups excluding carboxylic acids is 1. The summed E-state index contributed by atoms with van der Waals surface area (Å²) in [6.07, 6.45) is 0.925. The molecule has 1 aromatic heterocycles. The van der Waals surface area contributed by atoms with Crippen molar-refractivity contribution in [3.05, 3.63) is 35.2 Å². The molecule has 0 aliphatic rings. The molecule has 0 bridgehead atoms. The maximum absolute atomic E-state index is 11.9. The van der Waals surface area contributed by atoms with Gasteiger partial charge >= 0.3 is 0 Å². The van der Waals surface area contributed by atoms with Gasteiger partial charge in [-0.15, -0.1) is 10.2 Å². The second-order valence-electron chi connectivity index (χ2n) is 5.16. The van der Waals surface area contributed by atoms with Gasteiger partial charge in [-0.3, -0.25) is 4.79 Å². The Bertz CT molecular complexity index is 664. The van der Waals surface area contributed by atoms with Crippen molar-refractivity contribution in [3.63, 3.8) is 0 Å². The first-order chi connectivity index (χ1) is 11.0. The van der Waals surface area contributed by atoms with E-state index in [-0.39, 0.29) is 23.6 Å². The van der Waals surface area contributed by atoms with E-state index >= 15 is 0 Å². The lowest BCUT2D eigenvalue weighted by atomic mass is 10.0. The van der Waals surface area contributed by atoms with E-state index in [0.717, 1.165) is 6.42 Å². The molecule has 2 atom stereocenters. The summed E-state index contributed by atoms with van der Waals surface area (Å²) in [5.74, 6) is 0.631. The number of nitrogens with zero attached hydrogens (tertiary/aromatic N) is 2. The lowest BCUT2D eigenvalue weighted by Crippen LogP contribution is -2.18. The van der Waals surface area contributed by atoms with Crippen molar-refractivity contribution in [2.45, 2.75) is 31.5 Å². The number of carbonyl (C=O) groups is 1. The monoisotopic (exact) mass is 354 g/mol. The van der Waals surface area contributed by atoms with Crippen LogP contribution in [0.2, 0.25) is 5.02 Å². The predicted molar refractivity (Wildman–Crippen MR) is 91.5 cm³/mol. The van der Waals surface area contributed by atoms with Crippen molar-refractivity contribution >= 4 is 35.0 Å². The highest BCUT2D eigenvalue weighted by molar-refractivity contribution is 7.99. The molecule has 0 aliphatic heterocycles. The number of hydrogen-bond donors (Lipinski definition) is 2. The molecule has 0 spiro atoms. The number of rotatable bonds is 7. The van der Waals surface area contributed by atoms with Gasteiger partial charge in [0.1, 0.15) is 0 Å². The van der Waals surface area contributed by atoms with Gasteiger partial charge in [0.15, 0.2) is 0 Å². The van der Waals surface area contributed by atoms with Gasteiger partial charge < -0.3 is 15.5 Å². The number of amides is 1. The highest BCUT2D eigenvalue weighted by atomic mass is 35.5. The topological polar surface area (TPSA) is 94.0 Å². The van der Waals surface area contributed by atoms with E-state index in [9.17, 15) is 4.79 Å². The zero-order valence-corrected chi connectivity index (χ0v) is 14.5. The smallest absolute Gasteiger partial charge is 0.277 e. The summed E-state index contributed by atoms with van der Waals surface area (Å²) in [6, 6.07) is 6.67. The molecule has 3 N–H and O–H groups in total. The molecule has 1 aromatic carbocycles. The van der Waals surface area contributed by atoms with Gasteiger partial charge in [0.25, 0.3) is 5.22 Å². The highest BCUT2D eigenvalue weighted by Crippen LogP contribution is 2.24. The maximum atomic E-state index is 11.9. The third-order valence-electron chi connectivity index (χ3n) is 3.40. The Morgan fingerprint density at radius 1 is 1.48 bits per heavy atom. The first kappa shape index (κ1) is 17.8. The summed E-state index contributed by atoms with van der Waals surface area (Å²) in [7, 11) is 0. The van der Waals surface area contributed by atoms with Crippen LogP contribution in [0.25, 0.3) is 0 Å². The van der Waals surface area contributed by atoms with Crippen LogP contribution >= 0.6 is 23.4 Å². The Labute approximate surface area is 144 Å². The first-order valence-electron chi connectivity index (χ1n) is 7.26. The van der Waals surface area contributed by atoms with Crippen molar-refractivity contribution in [3.8, 4) is 0 Å². The van der Waals surface area contributed by atoms with Crippen molar-refractivity contribution in [1.29, 1.82) is 0 Å². The molecule has 6 nitrogen and oxygen atoms in total. The minimum Gasteiger partial charge on any atom is -0.414 e. The summed E-state index contributed by atoms with van der Waals surface area (Å²) in [4.78, 5) is 11.9. The van der Waals surface area contributed by atoms with E-state index in [2.05, 4.69) is 22.4 Å². The fourth-order valence-corrected chi connectivity index (χ4v) is 2.56. The van der Waals surface area contributed by atoms with Gasteiger partial charge in [-0.2, -0.15) is 0 Å². The number of nitrogens with one attached hydrogen (secondary N) is 1. The van der Waals surface area contributed by atoms with Gasteiger partial charge in [-0.05, 0) is 24.1 Å². The molecule has 0 saturated heterocycles. The first-order valence-corrected chi connectivity index (χ1v) is 8.63. The molecule has 0 radical (unpaired) electrons. The molecule has 0 unspecified atom stereocenters. The second kappa shape index (κ2) is 8.33. The van der Waals surface area contributed by atoms with Crippen LogP contribution in [-0.4, -0.2) is 21.9 Å². The third-order valence-corrected chi connectivity index (χ3v) is 4.45. The van der Waals surface area contributed by atoms with Crippen LogP contribution in [-0.2, 0) is 4.79 Å². The van der Waals surface area contributed by atoms with E-state index in [1.54, 1.807) is 24.3 Å². The highest BCUT2D eigenvalue weighted by Gasteiger charge is 2.20. The SMILES string of the molecule is CC[C@@H](C)[C@H](N)c1nnc(SCC(=O)Nc2cccc(Cl)c2)o1. The Morgan fingerprint density at radius 3 is 2.96 bits per heavy atom. The number of halogens is 1. The minimum atomic E-state index is -0.290. The van der Waals surface area contributed by atoms with Crippen molar-refractivity contribution < 1.29 is 9.21 Å². The number of nitrogens with two attached hydrogens (primary N) is 1. The van der Waals surface area contributed by atoms with Crippen LogP contribution in [0.4, 0.5) is 5.69 Å². The largest absolute Gasteiger partial charge is 0.414 e. The summed E-state index contributed by atoms with van der Waals surface area (Å²) in [5.41, 5.74) is 6.68. The molecule has 0 fully saturated rings. The average molecular weight is 355 g/mol. The van der Waals surface area contributed by atoms with Gasteiger partial charge in [0.2, 0.25) is 11.8 Å². The molecular formula is C15H19ClN4O2S. The Morgan fingerprint density at radius 2 is 2.26 bits per heavy atom. The summed E-state index contributed by atoms with van der Waals surface area (Å²) in [6.45, 7) is 4.08. The van der Waals surface area contributed by atoms with E-state index in [0.29, 0.717) is 21.8 Å². The molecule has 23 heavy (non-hydrogen) atoms. The fraction of sp³-hybridized carbons (Fsp3) is 0.400. The van der Waals surface area contributed by atoms with Crippen LogP contribution in [0.15, 0.2) is 33.9 Å². The standard InChI is InChI=1S/C15H19ClN4O2S/c1-3-9(2)13(17)14-19-20-15(22-14)23-8-12(21)18-11-6-4-5-10(16)7-11/h4-7,9,13H,3,8,17H2,1-2H3,(H,18,21)/t9-,13+/m1/s1. The van der Waals surface area contributed by atoms with Gasteiger partial charge in [0.05, 0.1) is 11.8 Å². The lowest BCUT2D eigenvalue weighted by molar-refractivity contribution is -0.113. The summed E-state index contributed by atoms with van der Waals surface area (Å²) >= 11 is 7.04. The molecule has 0 saturated carbocycles. The molecule has 8 heteroatoms. The number of aromatic nitrogens is 2. The van der Waals surface area contributed by atoms with Gasteiger partial charge in [0, 0.05) is 10.7 Å². The molecule has 124 valence electrons. The molecule has 2 rings (SSSR count). The van der Waals surface area contributed by atoms with Crippen LogP contribution < -0.4 is 11.1 Å². The number of benzene rings is 1. The molecule has 2 aromatic rings. The normalized spacial score (nSPS) is 13.6. The minimum absolute atomic E-state index is 0.159. The van der Waals surface area contributed by atoms with E-state index < -0.39 is 0 Å². The number of thioether (sulfide) groups is 1. The van der Waals surface area contributed by atoms with Crippen LogP contribution in [0.1, 0.15) is 32.2 Å². The molecular weight excluding hydrogens is 336 g/mol. The predicted octanol–water partition coefficient (Wildman–Crippen LogP) is 3.50. The number of hydrogen-bond acceptors (Lipinski definition) is 6. The average Bonchev–Trinajstić information content (AvgIpc) is 3.00. The molecule has 1 heterocycles. The maximum Gasteiger partial charge on any atom is 0.277 e. The zero-order chi connectivity index (χ0) is 16.8.